The van der Waals surface area contributed by atoms with E-state index in [1.165, 1.54) is 11.1 Å². The van der Waals surface area contributed by atoms with E-state index < -0.39 is 0 Å². The third-order valence-electron chi connectivity index (χ3n) is 1.31. The Hall–Kier alpha value is -0.975. The molecular formula is C9H13B. The molecule has 1 aromatic carbocycles. The molecule has 0 radical (unpaired) electrons. The maximum absolute atomic E-state index is 3.66. The van der Waals surface area contributed by atoms with Crippen molar-refractivity contribution < 1.29 is 0 Å². The minimum atomic E-state index is 0. The molecule has 1 aromatic rings. The molecule has 10 heavy (non-hydrogen) atoms. The molecule has 0 saturated carbocycles. The van der Waals surface area contributed by atoms with Gasteiger partial charge in [0, 0.05) is 0 Å². The van der Waals surface area contributed by atoms with Crippen molar-refractivity contribution in [2.45, 2.75) is 6.92 Å². The zero-order chi connectivity index (χ0) is 6.69. The summed E-state index contributed by atoms with van der Waals surface area (Å²) in [4.78, 5) is 0. The van der Waals surface area contributed by atoms with Crippen LogP contribution in [0, 0.1) is 6.92 Å². The van der Waals surface area contributed by atoms with Crippen LogP contribution in [0.3, 0.4) is 0 Å². The van der Waals surface area contributed by atoms with Crippen molar-refractivity contribution in [2.24, 2.45) is 0 Å². The molecule has 0 atom stereocenters. The highest BCUT2D eigenvalue weighted by atomic mass is 13.9. The predicted molar refractivity (Wildman–Crippen MR) is 51.2 cm³/mol. The second kappa shape index (κ2) is 3.94. The van der Waals surface area contributed by atoms with Gasteiger partial charge in [-0.1, -0.05) is 42.5 Å². The second-order valence-corrected chi connectivity index (χ2v) is 2.11. The average molecular weight is 132 g/mol. The molecule has 52 valence electrons. The average Bonchev–Trinajstić information content (AvgIpc) is 1.90. The number of hydrogen-bond acceptors (Lipinski definition) is 0. The summed E-state index contributed by atoms with van der Waals surface area (Å²) in [5, 5.41) is 0. The Morgan fingerprint density at radius 3 is 2.10 bits per heavy atom. The van der Waals surface area contributed by atoms with Gasteiger partial charge in [0.1, 0.15) is 0 Å². The summed E-state index contributed by atoms with van der Waals surface area (Å²) < 4.78 is 0. The summed E-state index contributed by atoms with van der Waals surface area (Å²) in [6.45, 7) is 5.74. The van der Waals surface area contributed by atoms with Gasteiger partial charge >= 0.3 is 0 Å². The zero-order valence-corrected chi connectivity index (χ0v) is 5.59. The number of aryl methyl sites for hydroxylation is 1. The van der Waals surface area contributed by atoms with Gasteiger partial charge in [-0.2, -0.15) is 0 Å². The maximum Gasteiger partial charge on any atom is 0.0814 e. The Morgan fingerprint density at radius 1 is 1.20 bits per heavy atom. The van der Waals surface area contributed by atoms with Crippen LogP contribution in [0.2, 0.25) is 0 Å². The first-order valence-electron chi connectivity index (χ1n) is 3.02. The summed E-state index contributed by atoms with van der Waals surface area (Å²) in [6.07, 6.45) is 1.85. The summed E-state index contributed by atoms with van der Waals surface area (Å²) in [7, 11) is 0. The third-order valence-corrected chi connectivity index (χ3v) is 1.31. The molecule has 0 fully saturated rings. The highest BCUT2D eigenvalue weighted by Crippen LogP contribution is 2.02. The van der Waals surface area contributed by atoms with Crippen LogP contribution in [0.5, 0.6) is 0 Å². The van der Waals surface area contributed by atoms with Crippen molar-refractivity contribution in [2.75, 3.05) is 0 Å². The number of rotatable bonds is 1. The second-order valence-electron chi connectivity index (χ2n) is 2.11. The van der Waals surface area contributed by atoms with Crippen molar-refractivity contribution in [1.82, 2.24) is 0 Å². The van der Waals surface area contributed by atoms with Gasteiger partial charge < -0.3 is 0 Å². The normalized spacial score (nSPS) is 8.10. The van der Waals surface area contributed by atoms with Gasteiger partial charge in [-0.3, -0.25) is 0 Å². The van der Waals surface area contributed by atoms with Crippen molar-refractivity contribution in [1.29, 1.82) is 0 Å². The largest absolute Gasteiger partial charge is 0.0985 e. The van der Waals surface area contributed by atoms with Gasteiger partial charge in [-0.05, 0) is 12.5 Å². The van der Waals surface area contributed by atoms with Crippen molar-refractivity contribution >= 4 is 14.5 Å². The molecule has 1 rings (SSSR count). The Kier molecular flexibility index (Phi) is 3.56. The molecule has 0 aliphatic rings. The molecule has 0 heterocycles. The molecule has 0 bridgehead atoms. The third kappa shape index (κ3) is 2.10. The smallest absolute Gasteiger partial charge is 0.0814 e. The van der Waals surface area contributed by atoms with Crippen LogP contribution in [-0.4, -0.2) is 8.41 Å². The van der Waals surface area contributed by atoms with Crippen LogP contribution in [0.25, 0.3) is 6.08 Å². The first-order chi connectivity index (χ1) is 4.33. The molecule has 0 nitrogen and oxygen atoms in total. The predicted octanol–water partition coefficient (Wildman–Crippen LogP) is 1.45. The topological polar surface area (TPSA) is 0 Å². The van der Waals surface area contributed by atoms with Crippen LogP contribution in [0.1, 0.15) is 11.1 Å². The van der Waals surface area contributed by atoms with Gasteiger partial charge in [0.25, 0.3) is 0 Å². The molecule has 0 saturated heterocycles. The van der Waals surface area contributed by atoms with E-state index in [4.69, 9.17) is 0 Å². The van der Waals surface area contributed by atoms with Gasteiger partial charge in [0.2, 0.25) is 0 Å². The monoisotopic (exact) mass is 132 g/mol. The van der Waals surface area contributed by atoms with Crippen molar-refractivity contribution in [3.8, 4) is 0 Å². The molecule has 0 aliphatic heterocycles. The Morgan fingerprint density at radius 2 is 1.70 bits per heavy atom. The fourth-order valence-electron chi connectivity index (χ4n) is 0.703. The van der Waals surface area contributed by atoms with Crippen LogP contribution in [0.15, 0.2) is 30.8 Å². The van der Waals surface area contributed by atoms with Crippen LogP contribution in [0.4, 0.5) is 0 Å². The minimum Gasteiger partial charge on any atom is -0.0985 e. The maximum atomic E-state index is 3.66. The first kappa shape index (κ1) is 9.02. The molecule has 0 N–H and O–H groups in total. The Balaban J connectivity index is 0.000000810. The van der Waals surface area contributed by atoms with E-state index in [9.17, 15) is 0 Å². The Bertz CT molecular complexity index is 198. The van der Waals surface area contributed by atoms with E-state index in [0.717, 1.165) is 0 Å². The SMILES string of the molecule is B.C=Cc1ccc(C)cc1. The van der Waals surface area contributed by atoms with Gasteiger partial charge in [0.15, 0.2) is 0 Å². The van der Waals surface area contributed by atoms with Crippen LogP contribution < -0.4 is 0 Å². The van der Waals surface area contributed by atoms with E-state index in [0.29, 0.717) is 0 Å². The van der Waals surface area contributed by atoms with Crippen LogP contribution >= 0.6 is 0 Å². The molecule has 0 aromatic heterocycles. The summed E-state index contributed by atoms with van der Waals surface area (Å²) in [6, 6.07) is 8.28. The Labute approximate surface area is 64.2 Å². The first-order valence-corrected chi connectivity index (χ1v) is 3.02. The molecule has 0 unspecified atom stereocenters. The molecule has 0 spiro atoms. The number of hydrogen-bond donors (Lipinski definition) is 0. The quantitative estimate of drug-likeness (QED) is 0.507. The summed E-state index contributed by atoms with van der Waals surface area (Å²) in [5.74, 6) is 0. The van der Waals surface area contributed by atoms with Gasteiger partial charge in [-0.25, -0.2) is 0 Å². The van der Waals surface area contributed by atoms with Crippen molar-refractivity contribution in [3.05, 3.63) is 42.0 Å². The van der Waals surface area contributed by atoms with E-state index in [-0.39, 0.29) is 8.41 Å². The summed E-state index contributed by atoms with van der Waals surface area (Å²) >= 11 is 0. The van der Waals surface area contributed by atoms with Crippen molar-refractivity contribution in [3.63, 3.8) is 0 Å². The lowest BCUT2D eigenvalue weighted by molar-refractivity contribution is 1.46. The fraction of sp³-hybridized carbons (Fsp3) is 0.111. The highest BCUT2D eigenvalue weighted by Gasteiger charge is 1.82. The number of benzene rings is 1. The minimum absolute atomic E-state index is 0. The lowest BCUT2D eigenvalue weighted by Gasteiger charge is -1.91. The van der Waals surface area contributed by atoms with Gasteiger partial charge in [-0.15, -0.1) is 0 Å². The molecule has 0 amide bonds. The summed E-state index contributed by atoms with van der Waals surface area (Å²) in [5.41, 5.74) is 2.47. The molecule has 1 heteroatoms. The highest BCUT2D eigenvalue weighted by molar-refractivity contribution is 5.75. The lowest BCUT2D eigenvalue weighted by Crippen LogP contribution is -1.71. The van der Waals surface area contributed by atoms with Crippen LogP contribution in [-0.2, 0) is 0 Å². The fourth-order valence-corrected chi connectivity index (χ4v) is 0.703. The zero-order valence-electron chi connectivity index (χ0n) is 5.59. The molecule has 0 aliphatic carbocycles. The molecular weight excluding hydrogens is 119 g/mol. The van der Waals surface area contributed by atoms with E-state index >= 15 is 0 Å². The van der Waals surface area contributed by atoms with Gasteiger partial charge in [0.05, 0.1) is 8.41 Å². The van der Waals surface area contributed by atoms with E-state index in [1.807, 2.05) is 6.08 Å². The van der Waals surface area contributed by atoms with E-state index in [1.54, 1.807) is 0 Å². The standard InChI is InChI=1S/C9H10.BH3/c1-3-9-6-4-8(2)5-7-9;/h3-7H,1H2,2H3;1H3. The van der Waals surface area contributed by atoms with E-state index in [2.05, 4.69) is 37.8 Å². The lowest BCUT2D eigenvalue weighted by atomic mass is 10.2.